The Kier molecular flexibility index (Phi) is 1.61. The van der Waals surface area contributed by atoms with Crippen LogP contribution in [0.4, 0.5) is 4.39 Å². The van der Waals surface area contributed by atoms with Gasteiger partial charge < -0.3 is 4.74 Å². The molecule has 3 rings (SSSR count). The van der Waals surface area contributed by atoms with Gasteiger partial charge in [0.05, 0.1) is 5.56 Å². The lowest BCUT2D eigenvalue weighted by Crippen LogP contribution is -2.03. The molecule has 0 atom stereocenters. The third-order valence-electron chi connectivity index (χ3n) is 2.33. The number of hydrogen-bond acceptors (Lipinski definition) is 2. The van der Waals surface area contributed by atoms with Crippen LogP contribution in [-0.4, -0.2) is 0 Å². The van der Waals surface area contributed by atoms with Crippen LogP contribution in [0.5, 0.6) is 5.75 Å². The summed E-state index contributed by atoms with van der Waals surface area (Å²) in [6.45, 7) is 0.551. The Morgan fingerprint density at radius 1 is 1.29 bits per heavy atom. The molecule has 0 amide bonds. The minimum absolute atomic E-state index is 0.203. The monoisotopic (exact) mass is 206 g/mol. The van der Waals surface area contributed by atoms with Gasteiger partial charge in [-0.05, 0) is 23.6 Å². The molecule has 70 valence electrons. The van der Waals surface area contributed by atoms with E-state index < -0.39 is 0 Å². The van der Waals surface area contributed by atoms with Crippen LogP contribution in [0.3, 0.4) is 0 Å². The van der Waals surface area contributed by atoms with Crippen LogP contribution in [0.15, 0.2) is 29.6 Å². The van der Waals surface area contributed by atoms with Gasteiger partial charge in [0.1, 0.15) is 18.2 Å². The third kappa shape index (κ3) is 0.990. The Morgan fingerprint density at radius 3 is 3.14 bits per heavy atom. The largest absolute Gasteiger partial charge is 0.488 e. The van der Waals surface area contributed by atoms with Crippen molar-refractivity contribution in [3.05, 3.63) is 41.0 Å². The maximum atomic E-state index is 13.6. The molecule has 0 N–H and O–H groups in total. The second kappa shape index (κ2) is 2.82. The molecule has 0 aliphatic carbocycles. The van der Waals surface area contributed by atoms with Gasteiger partial charge in [-0.25, -0.2) is 4.39 Å². The van der Waals surface area contributed by atoms with Gasteiger partial charge in [0.25, 0.3) is 0 Å². The lowest BCUT2D eigenvalue weighted by Gasteiger charge is -2.17. The molecule has 0 radical (unpaired) electrons. The molecule has 14 heavy (non-hydrogen) atoms. The molecule has 2 heterocycles. The number of thiophene rings is 1. The molecule has 1 aromatic heterocycles. The first kappa shape index (κ1) is 8.00. The molecular formula is C11H7FOS. The van der Waals surface area contributed by atoms with Crippen molar-refractivity contribution < 1.29 is 9.13 Å². The van der Waals surface area contributed by atoms with Crippen molar-refractivity contribution in [2.75, 3.05) is 0 Å². The highest BCUT2D eigenvalue weighted by Crippen LogP contribution is 2.41. The van der Waals surface area contributed by atoms with E-state index in [1.807, 2.05) is 11.4 Å². The summed E-state index contributed by atoms with van der Waals surface area (Å²) < 4.78 is 19.0. The second-order valence-corrected chi connectivity index (χ2v) is 4.09. The number of rotatable bonds is 0. The molecule has 0 bridgehead atoms. The molecule has 0 saturated heterocycles. The number of fused-ring (bicyclic) bond motifs is 3. The number of halogens is 1. The maximum Gasteiger partial charge on any atom is 0.135 e. The maximum absolute atomic E-state index is 13.6. The van der Waals surface area contributed by atoms with Crippen molar-refractivity contribution in [3.8, 4) is 16.2 Å². The number of benzene rings is 1. The Bertz CT molecular complexity index is 490. The van der Waals surface area contributed by atoms with Crippen LogP contribution < -0.4 is 4.74 Å². The Morgan fingerprint density at radius 2 is 2.21 bits per heavy atom. The van der Waals surface area contributed by atoms with Crippen LogP contribution in [0.1, 0.15) is 5.56 Å². The van der Waals surface area contributed by atoms with E-state index in [9.17, 15) is 4.39 Å². The standard InChI is InChI=1S/C11H7FOS/c12-8-2-1-3-9-10(8)11-7(6-13-9)4-5-14-11/h1-5H,6H2. The van der Waals surface area contributed by atoms with Crippen LogP contribution in [-0.2, 0) is 6.61 Å². The van der Waals surface area contributed by atoms with E-state index in [0.717, 1.165) is 10.4 Å². The van der Waals surface area contributed by atoms with Gasteiger partial charge in [-0.15, -0.1) is 11.3 Å². The second-order valence-electron chi connectivity index (χ2n) is 3.18. The van der Waals surface area contributed by atoms with Crippen molar-refractivity contribution in [1.82, 2.24) is 0 Å². The average molecular weight is 206 g/mol. The van der Waals surface area contributed by atoms with Gasteiger partial charge in [0.15, 0.2) is 0 Å². The predicted octanol–water partition coefficient (Wildman–Crippen LogP) is 3.45. The highest BCUT2D eigenvalue weighted by Gasteiger charge is 2.21. The van der Waals surface area contributed by atoms with Gasteiger partial charge >= 0.3 is 0 Å². The van der Waals surface area contributed by atoms with Crippen LogP contribution in [0.2, 0.25) is 0 Å². The zero-order valence-electron chi connectivity index (χ0n) is 7.29. The van der Waals surface area contributed by atoms with Crippen LogP contribution >= 0.6 is 11.3 Å². The Balaban J connectivity index is 2.34. The van der Waals surface area contributed by atoms with Gasteiger partial charge in [0.2, 0.25) is 0 Å². The lowest BCUT2D eigenvalue weighted by atomic mass is 10.1. The fourth-order valence-electron chi connectivity index (χ4n) is 1.67. The van der Waals surface area contributed by atoms with Crippen molar-refractivity contribution in [2.45, 2.75) is 6.61 Å². The summed E-state index contributed by atoms with van der Waals surface area (Å²) in [5.41, 5.74) is 1.69. The first-order chi connectivity index (χ1) is 6.86. The highest BCUT2D eigenvalue weighted by molar-refractivity contribution is 7.13. The van der Waals surface area contributed by atoms with Crippen LogP contribution in [0, 0.1) is 5.82 Å². The fraction of sp³-hybridized carbons (Fsp3) is 0.0909. The highest BCUT2D eigenvalue weighted by atomic mass is 32.1. The van der Waals surface area contributed by atoms with Gasteiger partial charge in [0, 0.05) is 10.4 Å². The van der Waals surface area contributed by atoms with Crippen LogP contribution in [0.25, 0.3) is 10.4 Å². The first-order valence-electron chi connectivity index (χ1n) is 4.34. The molecule has 2 aromatic rings. The van der Waals surface area contributed by atoms with E-state index in [2.05, 4.69) is 0 Å². The molecule has 1 nitrogen and oxygen atoms in total. The van der Waals surface area contributed by atoms with Gasteiger partial charge in [-0.1, -0.05) is 6.07 Å². The van der Waals surface area contributed by atoms with E-state index in [4.69, 9.17) is 4.74 Å². The molecule has 1 aliphatic heterocycles. The SMILES string of the molecule is Fc1cccc2c1-c1sccc1CO2. The van der Waals surface area contributed by atoms with E-state index in [1.54, 1.807) is 23.5 Å². The summed E-state index contributed by atoms with van der Waals surface area (Å²) in [6, 6.07) is 6.93. The molecule has 0 fully saturated rings. The average Bonchev–Trinajstić information content (AvgIpc) is 2.65. The molecular weight excluding hydrogens is 199 g/mol. The van der Waals surface area contributed by atoms with E-state index >= 15 is 0 Å². The quantitative estimate of drug-likeness (QED) is 0.641. The van der Waals surface area contributed by atoms with Crippen molar-refractivity contribution >= 4 is 11.3 Å². The molecule has 1 aliphatic rings. The normalized spacial score (nSPS) is 12.9. The number of hydrogen-bond donors (Lipinski definition) is 0. The summed E-state index contributed by atoms with van der Waals surface area (Å²) in [5, 5.41) is 1.97. The van der Waals surface area contributed by atoms with E-state index in [-0.39, 0.29) is 5.82 Å². The summed E-state index contributed by atoms with van der Waals surface area (Å²) in [6.07, 6.45) is 0. The molecule has 1 aromatic carbocycles. The Labute approximate surface area is 84.8 Å². The van der Waals surface area contributed by atoms with Crippen molar-refractivity contribution in [1.29, 1.82) is 0 Å². The fourth-order valence-corrected chi connectivity index (χ4v) is 2.63. The summed E-state index contributed by atoms with van der Waals surface area (Å²) in [5.74, 6) is 0.450. The molecule has 0 spiro atoms. The zero-order valence-corrected chi connectivity index (χ0v) is 8.10. The molecule has 3 heteroatoms. The minimum atomic E-state index is -0.203. The molecule has 0 unspecified atom stereocenters. The van der Waals surface area contributed by atoms with E-state index in [1.165, 1.54) is 6.07 Å². The molecule has 0 saturated carbocycles. The van der Waals surface area contributed by atoms with Crippen molar-refractivity contribution in [2.24, 2.45) is 0 Å². The topological polar surface area (TPSA) is 9.23 Å². The van der Waals surface area contributed by atoms with Gasteiger partial charge in [-0.3, -0.25) is 0 Å². The number of ether oxygens (including phenoxy) is 1. The smallest absolute Gasteiger partial charge is 0.135 e. The van der Waals surface area contributed by atoms with Crippen molar-refractivity contribution in [3.63, 3.8) is 0 Å². The summed E-state index contributed by atoms with van der Waals surface area (Å²) >= 11 is 1.56. The zero-order chi connectivity index (χ0) is 9.54. The minimum Gasteiger partial charge on any atom is -0.488 e. The summed E-state index contributed by atoms with van der Waals surface area (Å²) in [7, 11) is 0. The van der Waals surface area contributed by atoms with E-state index in [0.29, 0.717) is 17.9 Å². The Hall–Kier alpha value is -1.35. The predicted molar refractivity (Wildman–Crippen MR) is 54.0 cm³/mol. The lowest BCUT2D eigenvalue weighted by molar-refractivity contribution is 0.301. The van der Waals surface area contributed by atoms with Gasteiger partial charge in [-0.2, -0.15) is 0 Å². The third-order valence-corrected chi connectivity index (χ3v) is 3.31. The first-order valence-corrected chi connectivity index (χ1v) is 5.22. The summed E-state index contributed by atoms with van der Waals surface area (Å²) in [4.78, 5) is 1.00.